The summed E-state index contributed by atoms with van der Waals surface area (Å²) in [6.45, 7) is 6.32. The Hall–Kier alpha value is -0.730. The molecular formula is C10H17ClN2. The van der Waals surface area contributed by atoms with Crippen molar-refractivity contribution < 1.29 is 0 Å². The Morgan fingerprint density at radius 1 is 1.08 bits per heavy atom. The zero-order valence-corrected chi connectivity index (χ0v) is 8.97. The highest BCUT2D eigenvalue weighted by molar-refractivity contribution is 5.85. The van der Waals surface area contributed by atoms with Gasteiger partial charge in [-0.15, -0.1) is 12.4 Å². The van der Waals surface area contributed by atoms with Crippen LogP contribution < -0.4 is 5.43 Å². The van der Waals surface area contributed by atoms with Crippen LogP contribution in [0, 0.1) is 0 Å². The zero-order valence-electron chi connectivity index (χ0n) is 8.16. The third-order valence-corrected chi connectivity index (χ3v) is 1.82. The monoisotopic (exact) mass is 200 g/mol. The maximum Gasteiger partial charge on any atom is 0.0490 e. The van der Waals surface area contributed by atoms with E-state index in [2.05, 4.69) is 36.4 Å². The van der Waals surface area contributed by atoms with E-state index in [-0.39, 0.29) is 12.4 Å². The topological polar surface area (TPSA) is 15.3 Å². The van der Waals surface area contributed by atoms with Crippen LogP contribution in [0.1, 0.15) is 13.8 Å². The molecule has 0 saturated carbocycles. The molecule has 1 aromatic carbocycles. The Morgan fingerprint density at radius 2 is 1.62 bits per heavy atom. The summed E-state index contributed by atoms with van der Waals surface area (Å²) < 4.78 is 0. The molecular weight excluding hydrogens is 184 g/mol. The van der Waals surface area contributed by atoms with Crippen LogP contribution >= 0.6 is 12.4 Å². The third-order valence-electron chi connectivity index (χ3n) is 1.82. The first kappa shape index (κ1) is 12.3. The van der Waals surface area contributed by atoms with Crippen molar-refractivity contribution >= 4 is 18.1 Å². The Morgan fingerprint density at radius 3 is 2.08 bits per heavy atom. The molecule has 0 unspecified atom stereocenters. The Kier molecular flexibility index (Phi) is 6.37. The van der Waals surface area contributed by atoms with E-state index >= 15 is 0 Å². The van der Waals surface area contributed by atoms with Gasteiger partial charge in [0.15, 0.2) is 0 Å². The predicted molar refractivity (Wildman–Crippen MR) is 60.2 cm³/mol. The van der Waals surface area contributed by atoms with Gasteiger partial charge in [0.25, 0.3) is 0 Å². The number of nitrogens with zero attached hydrogens (tertiary/aromatic N) is 1. The fourth-order valence-electron chi connectivity index (χ4n) is 1.08. The second-order valence-corrected chi connectivity index (χ2v) is 2.65. The molecule has 0 saturated heterocycles. The van der Waals surface area contributed by atoms with Crippen molar-refractivity contribution in [2.75, 3.05) is 18.5 Å². The van der Waals surface area contributed by atoms with Crippen molar-refractivity contribution in [3.05, 3.63) is 30.3 Å². The number of halogens is 1. The molecule has 0 aliphatic carbocycles. The summed E-state index contributed by atoms with van der Waals surface area (Å²) in [5.74, 6) is 0. The summed E-state index contributed by atoms with van der Waals surface area (Å²) in [6, 6.07) is 10.2. The predicted octanol–water partition coefficient (Wildman–Crippen LogP) is 2.78. The molecule has 0 fully saturated rings. The SMILES string of the molecule is CCN(CC)Nc1ccccc1.Cl. The van der Waals surface area contributed by atoms with E-state index in [0.29, 0.717) is 0 Å². The van der Waals surface area contributed by atoms with Crippen molar-refractivity contribution in [2.24, 2.45) is 0 Å². The third kappa shape index (κ3) is 4.15. The van der Waals surface area contributed by atoms with Crippen molar-refractivity contribution in [1.29, 1.82) is 0 Å². The number of para-hydroxylation sites is 1. The van der Waals surface area contributed by atoms with Crippen molar-refractivity contribution in [1.82, 2.24) is 5.01 Å². The summed E-state index contributed by atoms with van der Waals surface area (Å²) in [4.78, 5) is 0. The van der Waals surface area contributed by atoms with Gasteiger partial charge in [0.2, 0.25) is 0 Å². The number of benzene rings is 1. The van der Waals surface area contributed by atoms with Gasteiger partial charge in [-0.25, -0.2) is 5.01 Å². The molecule has 0 bridgehead atoms. The minimum atomic E-state index is 0. The van der Waals surface area contributed by atoms with Gasteiger partial charge in [-0.1, -0.05) is 32.0 Å². The van der Waals surface area contributed by atoms with Crippen molar-refractivity contribution in [2.45, 2.75) is 13.8 Å². The molecule has 0 spiro atoms. The Bertz CT molecular complexity index is 209. The average Bonchev–Trinajstić information content (AvgIpc) is 2.16. The quantitative estimate of drug-likeness (QED) is 0.752. The zero-order chi connectivity index (χ0) is 8.81. The van der Waals surface area contributed by atoms with E-state index in [1.54, 1.807) is 0 Å². The number of hydrogen-bond donors (Lipinski definition) is 1. The molecule has 1 aromatic rings. The van der Waals surface area contributed by atoms with Crippen LogP contribution in [0.25, 0.3) is 0 Å². The molecule has 74 valence electrons. The number of rotatable bonds is 4. The first-order chi connectivity index (χ1) is 5.86. The summed E-state index contributed by atoms with van der Waals surface area (Å²) in [5.41, 5.74) is 4.47. The van der Waals surface area contributed by atoms with Gasteiger partial charge in [0.05, 0.1) is 0 Å². The van der Waals surface area contributed by atoms with Gasteiger partial charge in [0.1, 0.15) is 0 Å². The van der Waals surface area contributed by atoms with E-state index in [1.807, 2.05) is 18.2 Å². The maximum atomic E-state index is 3.31. The van der Waals surface area contributed by atoms with Crippen LogP contribution in [0.5, 0.6) is 0 Å². The second kappa shape index (κ2) is 6.75. The summed E-state index contributed by atoms with van der Waals surface area (Å²) in [5, 5.41) is 2.16. The highest BCUT2D eigenvalue weighted by Gasteiger charge is 1.96. The van der Waals surface area contributed by atoms with E-state index in [0.717, 1.165) is 18.8 Å². The smallest absolute Gasteiger partial charge is 0.0490 e. The molecule has 0 heterocycles. The largest absolute Gasteiger partial charge is 0.319 e. The number of hydrazine groups is 1. The molecule has 0 aliphatic heterocycles. The molecule has 0 aliphatic rings. The summed E-state index contributed by atoms with van der Waals surface area (Å²) in [6.07, 6.45) is 0. The highest BCUT2D eigenvalue weighted by atomic mass is 35.5. The molecule has 3 heteroatoms. The van der Waals surface area contributed by atoms with Gasteiger partial charge >= 0.3 is 0 Å². The van der Waals surface area contributed by atoms with Crippen LogP contribution in [0.15, 0.2) is 30.3 Å². The normalized spacial score (nSPS) is 9.46. The van der Waals surface area contributed by atoms with E-state index in [1.165, 1.54) is 0 Å². The average molecular weight is 201 g/mol. The summed E-state index contributed by atoms with van der Waals surface area (Å²) in [7, 11) is 0. The molecule has 0 atom stereocenters. The van der Waals surface area contributed by atoms with Crippen molar-refractivity contribution in [3.8, 4) is 0 Å². The van der Waals surface area contributed by atoms with Crippen molar-refractivity contribution in [3.63, 3.8) is 0 Å². The standard InChI is InChI=1S/C10H16N2.ClH/c1-3-12(4-2)11-10-8-6-5-7-9-10;/h5-9,11H,3-4H2,1-2H3;1H. The van der Waals surface area contributed by atoms with Gasteiger partial charge in [0, 0.05) is 18.8 Å². The minimum Gasteiger partial charge on any atom is -0.319 e. The maximum absolute atomic E-state index is 3.31. The van der Waals surface area contributed by atoms with Gasteiger partial charge in [-0.3, -0.25) is 0 Å². The Balaban J connectivity index is 0.00000144. The molecule has 2 nitrogen and oxygen atoms in total. The fourth-order valence-corrected chi connectivity index (χ4v) is 1.08. The molecule has 13 heavy (non-hydrogen) atoms. The number of hydrogen-bond acceptors (Lipinski definition) is 2. The first-order valence-electron chi connectivity index (χ1n) is 4.43. The molecule has 0 aromatic heterocycles. The van der Waals surface area contributed by atoms with Gasteiger partial charge in [-0.2, -0.15) is 0 Å². The van der Waals surface area contributed by atoms with Crippen LogP contribution in [-0.2, 0) is 0 Å². The first-order valence-corrected chi connectivity index (χ1v) is 4.43. The lowest BCUT2D eigenvalue weighted by molar-refractivity contribution is 0.367. The number of anilines is 1. The lowest BCUT2D eigenvalue weighted by Gasteiger charge is -2.20. The second-order valence-electron chi connectivity index (χ2n) is 2.65. The van der Waals surface area contributed by atoms with E-state index < -0.39 is 0 Å². The van der Waals surface area contributed by atoms with Crippen LogP contribution in [-0.4, -0.2) is 18.1 Å². The Labute approximate surface area is 86.3 Å². The van der Waals surface area contributed by atoms with Crippen LogP contribution in [0.4, 0.5) is 5.69 Å². The molecule has 0 radical (unpaired) electrons. The van der Waals surface area contributed by atoms with E-state index in [4.69, 9.17) is 0 Å². The summed E-state index contributed by atoms with van der Waals surface area (Å²) >= 11 is 0. The fraction of sp³-hybridized carbons (Fsp3) is 0.400. The lowest BCUT2D eigenvalue weighted by atomic mass is 10.3. The van der Waals surface area contributed by atoms with Crippen LogP contribution in [0.2, 0.25) is 0 Å². The van der Waals surface area contributed by atoms with Crippen LogP contribution in [0.3, 0.4) is 0 Å². The lowest BCUT2D eigenvalue weighted by Crippen LogP contribution is -2.29. The molecule has 1 N–H and O–H groups in total. The molecule has 0 amide bonds. The van der Waals surface area contributed by atoms with Gasteiger partial charge < -0.3 is 5.43 Å². The highest BCUT2D eigenvalue weighted by Crippen LogP contribution is 2.05. The molecule has 1 rings (SSSR count). The number of nitrogens with one attached hydrogen (secondary N) is 1. The minimum absolute atomic E-state index is 0. The van der Waals surface area contributed by atoms with E-state index in [9.17, 15) is 0 Å². The van der Waals surface area contributed by atoms with Gasteiger partial charge in [-0.05, 0) is 12.1 Å².